The van der Waals surface area contributed by atoms with Gasteiger partial charge in [0.15, 0.2) is 18.9 Å². The highest BCUT2D eigenvalue weighted by molar-refractivity contribution is 5.90. The van der Waals surface area contributed by atoms with Crippen molar-refractivity contribution in [3.63, 3.8) is 0 Å². The molecule has 0 aromatic carbocycles. The van der Waals surface area contributed by atoms with Crippen molar-refractivity contribution in [3.8, 4) is 0 Å². The van der Waals surface area contributed by atoms with Crippen LogP contribution in [0, 0.1) is 0 Å². The second-order valence-corrected chi connectivity index (χ2v) is 16.6. The van der Waals surface area contributed by atoms with Crippen molar-refractivity contribution in [2.45, 2.75) is 156 Å². The van der Waals surface area contributed by atoms with Gasteiger partial charge in [0, 0.05) is 45.3 Å². The Morgan fingerprint density at radius 1 is 0.429 bits per heavy atom. The molecule has 0 aromatic rings. The van der Waals surface area contributed by atoms with E-state index in [0.29, 0.717) is 0 Å². The van der Waals surface area contributed by atoms with Crippen LogP contribution in [0.15, 0.2) is 0 Å². The lowest BCUT2D eigenvalue weighted by atomic mass is 9.99. The molecule has 3 aliphatic rings. The normalized spacial score (nSPS) is 32.0. The summed E-state index contributed by atoms with van der Waals surface area (Å²) in [6, 6.07) is -2.83. The number of unbranched alkanes of at least 4 members (excludes halogenated alkanes) is 1. The number of carboxylic acids is 1. The summed E-state index contributed by atoms with van der Waals surface area (Å²) >= 11 is 0. The summed E-state index contributed by atoms with van der Waals surface area (Å²) < 4.78 is 31.9. The summed E-state index contributed by atoms with van der Waals surface area (Å²) in [6.07, 6.45) is -25.2. The minimum absolute atomic E-state index is 0.142. The van der Waals surface area contributed by atoms with Crippen molar-refractivity contribution in [1.82, 2.24) is 26.6 Å². The molecule has 3 fully saturated rings. The number of aliphatic carboxylic acids is 1. The van der Waals surface area contributed by atoms with Gasteiger partial charge in [-0.15, -0.1) is 0 Å². The predicted molar refractivity (Wildman–Crippen MR) is 227 cm³/mol. The minimum Gasteiger partial charge on any atom is -0.481 e. The Morgan fingerprint density at radius 2 is 0.757 bits per heavy atom. The van der Waals surface area contributed by atoms with E-state index in [9.17, 15) is 90.0 Å². The lowest BCUT2D eigenvalue weighted by Crippen LogP contribution is -2.59. The van der Waals surface area contributed by atoms with Crippen LogP contribution in [0.25, 0.3) is 0 Å². The van der Waals surface area contributed by atoms with E-state index < -0.39 is 172 Å². The van der Waals surface area contributed by atoms with Gasteiger partial charge < -0.3 is 121 Å². The fourth-order valence-electron chi connectivity index (χ4n) is 7.20. The quantitative estimate of drug-likeness (QED) is 0.0297. The van der Waals surface area contributed by atoms with Crippen molar-refractivity contribution >= 4 is 35.5 Å². The number of carbonyl (C=O) groups is 6. The number of aliphatic hydroxyl groups is 12. The summed E-state index contributed by atoms with van der Waals surface area (Å²) in [4.78, 5) is 76.7. The fourth-order valence-corrected chi connectivity index (χ4v) is 7.20. The van der Waals surface area contributed by atoms with Gasteiger partial charge in [0.05, 0.1) is 39.6 Å². The van der Waals surface area contributed by atoms with Crippen LogP contribution in [-0.2, 0) is 57.2 Å². The molecule has 3 saturated heterocycles. The number of aliphatic hydroxyl groups excluding tert-OH is 12. The average molecular weight is 1020 g/mol. The maximum absolute atomic E-state index is 13.4. The summed E-state index contributed by atoms with van der Waals surface area (Å²) in [5.41, 5.74) is 0. The molecule has 0 radical (unpaired) electrons. The standard InChI is InChI=1S/C40H69N5O25/c46-15-20-27(54)30(57)33(60)38(68-20)65-12-9-41-23(49)7-5-18(36(63)42-10-13-66-39-34(61)31(58)28(55)21(16-47)69-39)45-25(51)8-6-19(44-24(50)3-1-2-4-26(52)53)37(64)43-11-14-67-40-35(62)32(59)29(56)22(17-48)70-40/h18-22,27-35,38-40,46-48,54-62H,1-17H2,(H,41,49)(H,42,63)(H,43,64)(H,44,50)(H,45,51)(H,52,53)/t18-,19-,20+,21+,22+,27+,28+,29+,30-,31-,32-,33-,34-,35-,38-,39-,40-/m0/s1. The fraction of sp³-hybridized carbons (Fsp3) is 0.850. The van der Waals surface area contributed by atoms with Crippen molar-refractivity contribution in [3.05, 3.63) is 0 Å². The van der Waals surface area contributed by atoms with Gasteiger partial charge >= 0.3 is 5.97 Å². The van der Waals surface area contributed by atoms with Gasteiger partial charge in [-0.3, -0.25) is 28.8 Å². The summed E-state index contributed by atoms with van der Waals surface area (Å²) in [6.45, 7) is -3.93. The van der Waals surface area contributed by atoms with Crippen LogP contribution in [-0.4, -0.2) is 265 Å². The molecule has 404 valence electrons. The van der Waals surface area contributed by atoms with Gasteiger partial charge in [-0.05, 0) is 25.7 Å². The van der Waals surface area contributed by atoms with Crippen molar-refractivity contribution in [2.75, 3.05) is 59.3 Å². The first-order chi connectivity index (χ1) is 33.2. The highest BCUT2D eigenvalue weighted by atomic mass is 16.7. The number of rotatable bonds is 30. The monoisotopic (exact) mass is 1020 g/mol. The Hall–Kier alpha value is -3.90. The Kier molecular flexibility index (Phi) is 26.6. The van der Waals surface area contributed by atoms with Crippen molar-refractivity contribution in [1.29, 1.82) is 0 Å². The molecule has 3 heterocycles. The molecule has 30 heteroatoms. The number of carboxylic acid groups (broad SMARTS) is 1. The molecule has 0 spiro atoms. The molecule has 0 aliphatic carbocycles. The molecule has 0 saturated carbocycles. The Bertz CT molecular complexity index is 1630. The van der Waals surface area contributed by atoms with Gasteiger partial charge in [-0.2, -0.15) is 0 Å². The lowest BCUT2D eigenvalue weighted by Gasteiger charge is -2.39. The summed E-state index contributed by atoms with van der Waals surface area (Å²) in [5.74, 6) is -4.93. The lowest BCUT2D eigenvalue weighted by molar-refractivity contribution is -0.300. The maximum Gasteiger partial charge on any atom is 0.303 e. The largest absolute Gasteiger partial charge is 0.481 e. The predicted octanol–water partition coefficient (Wildman–Crippen LogP) is -10.0. The molecule has 18 N–H and O–H groups in total. The van der Waals surface area contributed by atoms with Crippen LogP contribution >= 0.6 is 0 Å². The van der Waals surface area contributed by atoms with E-state index in [1.807, 2.05) is 0 Å². The van der Waals surface area contributed by atoms with E-state index in [1.165, 1.54) is 0 Å². The van der Waals surface area contributed by atoms with Crippen LogP contribution in [0.1, 0.15) is 51.4 Å². The molecule has 70 heavy (non-hydrogen) atoms. The second kappa shape index (κ2) is 30.9. The molecular formula is C40H69N5O25. The van der Waals surface area contributed by atoms with Crippen LogP contribution in [0.4, 0.5) is 0 Å². The second-order valence-electron chi connectivity index (χ2n) is 16.6. The molecule has 3 rings (SSSR count). The number of ether oxygens (including phenoxy) is 6. The molecular weight excluding hydrogens is 950 g/mol. The van der Waals surface area contributed by atoms with Crippen LogP contribution in [0.5, 0.6) is 0 Å². The van der Waals surface area contributed by atoms with Gasteiger partial charge in [-0.1, -0.05) is 0 Å². The average Bonchev–Trinajstić information content (AvgIpc) is 3.33. The first kappa shape index (κ1) is 60.4. The van der Waals surface area contributed by atoms with E-state index in [1.54, 1.807) is 0 Å². The first-order valence-electron chi connectivity index (χ1n) is 22.6. The zero-order valence-electron chi connectivity index (χ0n) is 38.0. The molecule has 30 nitrogen and oxygen atoms in total. The summed E-state index contributed by atoms with van der Waals surface area (Å²) in [5, 5.41) is 140. The molecule has 0 aromatic heterocycles. The van der Waals surface area contributed by atoms with E-state index in [-0.39, 0.29) is 78.0 Å². The summed E-state index contributed by atoms with van der Waals surface area (Å²) in [7, 11) is 0. The van der Waals surface area contributed by atoms with E-state index >= 15 is 0 Å². The third kappa shape index (κ3) is 18.9. The smallest absolute Gasteiger partial charge is 0.303 e. The molecule has 0 unspecified atom stereocenters. The number of nitrogens with one attached hydrogen (secondary N) is 5. The Morgan fingerprint density at radius 3 is 1.11 bits per heavy atom. The number of hydrogen-bond acceptors (Lipinski definition) is 24. The van der Waals surface area contributed by atoms with Crippen molar-refractivity contribution < 1.29 is 124 Å². The van der Waals surface area contributed by atoms with Crippen LogP contribution in [0.3, 0.4) is 0 Å². The SMILES string of the molecule is O=C(O)CCCCC(=O)N[C@@H](CCC(=O)N[C@@H](CCC(=O)NCCO[C@H]1O[C@H](CO)[C@@H](O)[C@H](O)[C@@H]1O)C(=O)NCCO[C@H]1O[C@H](CO)[C@@H](O)[C@H](O)[C@@H]1O)C(=O)NCCO[C@H]1O[C@H](CO)[C@@H](O)[C@H](O)[C@@H]1O. The van der Waals surface area contributed by atoms with Crippen LogP contribution < -0.4 is 26.6 Å². The molecule has 5 amide bonds. The van der Waals surface area contributed by atoms with Gasteiger partial charge in [0.25, 0.3) is 0 Å². The third-order valence-electron chi connectivity index (χ3n) is 11.3. The van der Waals surface area contributed by atoms with E-state index in [0.717, 1.165) is 0 Å². The highest BCUT2D eigenvalue weighted by Gasteiger charge is 2.46. The molecule has 3 aliphatic heterocycles. The zero-order chi connectivity index (χ0) is 52.1. The topological polar surface area (TPSA) is 481 Å². The van der Waals surface area contributed by atoms with Crippen molar-refractivity contribution in [2.24, 2.45) is 0 Å². The highest BCUT2D eigenvalue weighted by Crippen LogP contribution is 2.24. The van der Waals surface area contributed by atoms with Gasteiger partial charge in [0.1, 0.15) is 85.3 Å². The number of carbonyl (C=O) groups excluding carboxylic acids is 5. The number of hydrogen-bond donors (Lipinski definition) is 18. The van der Waals surface area contributed by atoms with E-state index in [2.05, 4.69) is 26.6 Å². The zero-order valence-corrected chi connectivity index (χ0v) is 38.0. The molecule has 0 bridgehead atoms. The Labute approximate surface area is 400 Å². The Balaban J connectivity index is 1.63. The van der Waals surface area contributed by atoms with Crippen LogP contribution in [0.2, 0.25) is 0 Å². The first-order valence-corrected chi connectivity index (χ1v) is 22.6. The van der Waals surface area contributed by atoms with Gasteiger partial charge in [-0.25, -0.2) is 0 Å². The third-order valence-corrected chi connectivity index (χ3v) is 11.3. The van der Waals surface area contributed by atoms with Gasteiger partial charge in [0.2, 0.25) is 29.5 Å². The number of amides is 5. The minimum atomic E-state index is -1.74. The maximum atomic E-state index is 13.4. The molecule has 17 atom stereocenters. The van der Waals surface area contributed by atoms with E-state index in [4.69, 9.17) is 33.5 Å².